The molecule has 204 valence electrons. The van der Waals surface area contributed by atoms with Crippen LogP contribution in [0.5, 0.6) is 0 Å². The Bertz CT molecular complexity index is 1460. The minimum atomic E-state index is -4.75. The first-order valence-corrected chi connectivity index (χ1v) is 12.6. The van der Waals surface area contributed by atoms with E-state index in [4.69, 9.17) is 5.73 Å². The van der Waals surface area contributed by atoms with Crippen LogP contribution in [-0.2, 0) is 17.8 Å². The largest absolute Gasteiger partial charge is 0.522 e. The minimum Gasteiger partial charge on any atom is -0.344 e. The third-order valence-electron chi connectivity index (χ3n) is 7.12. The fourth-order valence-electron chi connectivity index (χ4n) is 5.24. The van der Waals surface area contributed by atoms with Gasteiger partial charge in [-0.1, -0.05) is 24.3 Å². The lowest BCUT2D eigenvalue weighted by Gasteiger charge is -2.32. The number of ether oxygens (including phenoxy) is 1. The van der Waals surface area contributed by atoms with Gasteiger partial charge in [0.2, 0.25) is 0 Å². The van der Waals surface area contributed by atoms with Crippen LogP contribution in [0.25, 0.3) is 22.0 Å². The molecule has 0 bridgehead atoms. The highest BCUT2D eigenvalue weighted by Crippen LogP contribution is 2.35. The second-order valence-corrected chi connectivity index (χ2v) is 9.48. The molecule has 0 spiro atoms. The zero-order valence-electron chi connectivity index (χ0n) is 21.0. The van der Waals surface area contributed by atoms with Gasteiger partial charge in [0, 0.05) is 61.2 Å². The molecule has 39 heavy (non-hydrogen) atoms. The van der Waals surface area contributed by atoms with Crippen LogP contribution < -0.4 is 5.73 Å². The maximum Gasteiger partial charge on any atom is 0.522 e. The van der Waals surface area contributed by atoms with Crippen molar-refractivity contribution in [2.45, 2.75) is 38.2 Å². The van der Waals surface area contributed by atoms with E-state index in [9.17, 15) is 22.4 Å². The monoisotopic (exact) mass is 541 g/mol. The van der Waals surface area contributed by atoms with E-state index in [2.05, 4.69) is 14.7 Å². The second kappa shape index (κ2) is 11.1. The lowest BCUT2D eigenvalue weighted by Crippen LogP contribution is -2.38. The molecule has 0 unspecified atom stereocenters. The molecule has 1 amide bonds. The van der Waals surface area contributed by atoms with Crippen LogP contribution in [0.15, 0.2) is 61.3 Å². The molecule has 7 nitrogen and oxygen atoms in total. The van der Waals surface area contributed by atoms with Crippen molar-refractivity contribution in [3.8, 4) is 11.1 Å². The van der Waals surface area contributed by atoms with E-state index in [1.165, 1.54) is 12.4 Å². The summed E-state index contributed by atoms with van der Waals surface area (Å²) in [5.41, 5.74) is 9.53. The number of halogens is 4. The molecule has 0 saturated carbocycles. The number of likely N-dealkylation sites (tertiary alicyclic amines) is 1. The first-order chi connectivity index (χ1) is 18.7. The summed E-state index contributed by atoms with van der Waals surface area (Å²) in [5, 5.41) is 0.605. The number of alkyl halides is 3. The fourth-order valence-corrected chi connectivity index (χ4v) is 5.24. The van der Waals surface area contributed by atoms with Crippen LogP contribution in [0.2, 0.25) is 0 Å². The van der Waals surface area contributed by atoms with E-state index < -0.39 is 13.0 Å². The smallest absolute Gasteiger partial charge is 0.344 e. The fraction of sp³-hybridized carbons (Fsp3) is 0.321. The van der Waals surface area contributed by atoms with E-state index in [1.807, 2.05) is 6.07 Å². The second-order valence-electron chi connectivity index (χ2n) is 9.48. The standard InChI is InChI=1S/C28H27F4N5O2/c29-24-5-4-18(13-33)12-22(24)19-6-8-36(9-7-19)27(38)23-16-37(10-11-39-28(30,31)32)25-3-1-2-21(26(23)25)20-14-34-17-35-15-20/h1-5,12,14-17,19H,6-11,13,33H2. The molecule has 2 aromatic heterocycles. The van der Waals surface area contributed by atoms with E-state index in [0.29, 0.717) is 65.6 Å². The van der Waals surface area contributed by atoms with Gasteiger partial charge in [-0.05, 0) is 47.6 Å². The van der Waals surface area contributed by atoms with Crippen LogP contribution >= 0.6 is 0 Å². The molecule has 0 atom stereocenters. The number of carbonyl (C=O) groups is 1. The molecular weight excluding hydrogens is 514 g/mol. The number of nitrogens with two attached hydrogens (primary N) is 1. The van der Waals surface area contributed by atoms with Gasteiger partial charge in [0.05, 0.1) is 12.2 Å². The Kier molecular flexibility index (Phi) is 7.62. The van der Waals surface area contributed by atoms with Gasteiger partial charge in [-0.15, -0.1) is 13.2 Å². The third kappa shape index (κ3) is 5.79. The van der Waals surface area contributed by atoms with Gasteiger partial charge in [-0.3, -0.25) is 9.53 Å². The molecule has 11 heteroatoms. The molecule has 1 saturated heterocycles. The van der Waals surface area contributed by atoms with Gasteiger partial charge in [0.25, 0.3) is 5.91 Å². The first-order valence-electron chi connectivity index (χ1n) is 12.6. The van der Waals surface area contributed by atoms with E-state index in [1.54, 1.807) is 52.3 Å². The Hall–Kier alpha value is -3.83. The number of hydrogen-bond acceptors (Lipinski definition) is 5. The lowest BCUT2D eigenvalue weighted by molar-refractivity contribution is -0.325. The van der Waals surface area contributed by atoms with Gasteiger partial charge in [-0.25, -0.2) is 14.4 Å². The van der Waals surface area contributed by atoms with Crippen LogP contribution in [-0.4, -0.2) is 51.4 Å². The molecular formula is C28H27F4N5O2. The van der Waals surface area contributed by atoms with Crippen molar-refractivity contribution in [1.82, 2.24) is 19.4 Å². The van der Waals surface area contributed by atoms with Crippen molar-refractivity contribution >= 4 is 16.8 Å². The SMILES string of the molecule is NCc1ccc(F)c(C2CCN(C(=O)c3cn(CCOC(F)(F)F)c4cccc(-c5cncnc5)c34)CC2)c1. The summed E-state index contributed by atoms with van der Waals surface area (Å²) in [6.07, 6.45) is 2.62. The molecule has 2 aromatic carbocycles. The number of rotatable bonds is 7. The van der Waals surface area contributed by atoms with Crippen LogP contribution in [0.4, 0.5) is 17.6 Å². The normalized spacial score (nSPS) is 14.7. The number of hydrogen-bond donors (Lipinski definition) is 1. The highest BCUT2D eigenvalue weighted by atomic mass is 19.4. The number of aromatic nitrogens is 3. The predicted octanol–water partition coefficient (Wildman–Crippen LogP) is 5.25. The molecule has 1 aliphatic heterocycles. The number of carbonyl (C=O) groups excluding carboxylic acids is 1. The average Bonchev–Trinajstić information content (AvgIpc) is 3.31. The van der Waals surface area contributed by atoms with Gasteiger partial charge in [-0.2, -0.15) is 0 Å². The summed E-state index contributed by atoms with van der Waals surface area (Å²) in [7, 11) is 0. The Balaban J connectivity index is 1.44. The summed E-state index contributed by atoms with van der Waals surface area (Å²) in [4.78, 5) is 23.7. The summed E-state index contributed by atoms with van der Waals surface area (Å²) in [5.74, 6) is -0.566. The molecule has 0 radical (unpaired) electrons. The Labute approximate surface area is 222 Å². The van der Waals surface area contributed by atoms with E-state index >= 15 is 0 Å². The van der Waals surface area contributed by atoms with Crippen molar-refractivity contribution < 1.29 is 27.1 Å². The molecule has 1 fully saturated rings. The number of nitrogens with zero attached hydrogens (tertiary/aromatic N) is 4. The van der Waals surface area contributed by atoms with Gasteiger partial charge < -0.3 is 15.2 Å². The quantitative estimate of drug-likeness (QED) is 0.323. The number of piperidine rings is 1. The molecule has 2 N–H and O–H groups in total. The minimum absolute atomic E-state index is 0.0431. The van der Waals surface area contributed by atoms with Crippen molar-refractivity contribution in [3.63, 3.8) is 0 Å². The van der Waals surface area contributed by atoms with Crippen molar-refractivity contribution in [1.29, 1.82) is 0 Å². The van der Waals surface area contributed by atoms with Crippen molar-refractivity contribution in [2.75, 3.05) is 19.7 Å². The third-order valence-corrected chi connectivity index (χ3v) is 7.12. The van der Waals surface area contributed by atoms with Gasteiger partial charge >= 0.3 is 6.36 Å². The molecule has 5 rings (SSSR count). The highest BCUT2D eigenvalue weighted by Gasteiger charge is 2.30. The van der Waals surface area contributed by atoms with Crippen LogP contribution in [0, 0.1) is 5.82 Å². The zero-order valence-corrected chi connectivity index (χ0v) is 21.0. The molecule has 4 aromatic rings. The van der Waals surface area contributed by atoms with Gasteiger partial charge in [0.15, 0.2) is 0 Å². The molecule has 3 heterocycles. The van der Waals surface area contributed by atoms with Crippen molar-refractivity contribution in [2.24, 2.45) is 5.73 Å². The average molecular weight is 542 g/mol. The first kappa shape index (κ1) is 26.8. The van der Waals surface area contributed by atoms with E-state index in [0.717, 1.165) is 5.56 Å². The number of fused-ring (bicyclic) bond motifs is 1. The topological polar surface area (TPSA) is 86.3 Å². The molecule has 1 aliphatic rings. The number of benzene rings is 2. The van der Waals surface area contributed by atoms with Crippen molar-refractivity contribution in [3.05, 3.63) is 83.8 Å². The number of amides is 1. The Morgan fingerprint density at radius 2 is 1.85 bits per heavy atom. The van der Waals surface area contributed by atoms with Gasteiger partial charge in [0.1, 0.15) is 12.1 Å². The van der Waals surface area contributed by atoms with Crippen LogP contribution in [0.1, 0.15) is 40.2 Å². The lowest BCUT2D eigenvalue weighted by atomic mass is 9.88. The highest BCUT2D eigenvalue weighted by molar-refractivity contribution is 6.12. The summed E-state index contributed by atoms with van der Waals surface area (Å²) in [6.45, 7) is 0.444. The van der Waals surface area contributed by atoms with E-state index in [-0.39, 0.29) is 24.2 Å². The Morgan fingerprint density at radius 3 is 2.54 bits per heavy atom. The maximum atomic E-state index is 14.6. The summed E-state index contributed by atoms with van der Waals surface area (Å²) < 4.78 is 58.0. The maximum absolute atomic E-state index is 14.6. The van der Waals surface area contributed by atoms with Crippen LogP contribution in [0.3, 0.4) is 0 Å². The summed E-state index contributed by atoms with van der Waals surface area (Å²) >= 11 is 0. The Morgan fingerprint density at radius 1 is 1.10 bits per heavy atom. The summed E-state index contributed by atoms with van der Waals surface area (Å²) in [6, 6.07) is 10.3. The molecule has 0 aliphatic carbocycles. The predicted molar refractivity (Wildman–Crippen MR) is 137 cm³/mol. The zero-order chi connectivity index (χ0) is 27.6.